The highest BCUT2D eigenvalue weighted by Crippen LogP contribution is 2.30. The van der Waals surface area contributed by atoms with E-state index in [1.54, 1.807) is 44.6 Å². The molecule has 0 radical (unpaired) electrons. The SMILES string of the molecule is COc1ccc(S(=O)(=O)N(Cc2ccccc2OC)c2cccc(C)c2)cc1. The van der Waals surface area contributed by atoms with Crippen LogP contribution in [-0.2, 0) is 16.6 Å². The number of hydrogen-bond donors (Lipinski definition) is 0. The van der Waals surface area contributed by atoms with Gasteiger partial charge in [0.1, 0.15) is 11.5 Å². The van der Waals surface area contributed by atoms with Crippen molar-refractivity contribution in [1.29, 1.82) is 0 Å². The Hall–Kier alpha value is -2.99. The lowest BCUT2D eigenvalue weighted by Gasteiger charge is -2.26. The van der Waals surface area contributed by atoms with E-state index in [0.29, 0.717) is 17.2 Å². The molecule has 0 saturated heterocycles. The normalized spacial score (nSPS) is 11.1. The number of aryl methyl sites for hydroxylation is 1. The Morgan fingerprint density at radius 2 is 1.57 bits per heavy atom. The fourth-order valence-corrected chi connectivity index (χ4v) is 4.40. The number of para-hydroxylation sites is 1. The van der Waals surface area contributed by atoms with E-state index < -0.39 is 10.0 Å². The van der Waals surface area contributed by atoms with Crippen molar-refractivity contribution in [3.63, 3.8) is 0 Å². The van der Waals surface area contributed by atoms with E-state index in [2.05, 4.69) is 0 Å². The van der Waals surface area contributed by atoms with E-state index in [-0.39, 0.29) is 11.4 Å². The van der Waals surface area contributed by atoms with Gasteiger partial charge in [0.2, 0.25) is 0 Å². The zero-order valence-electron chi connectivity index (χ0n) is 16.1. The number of ether oxygens (including phenoxy) is 2. The van der Waals surface area contributed by atoms with Gasteiger partial charge in [-0.2, -0.15) is 0 Å². The van der Waals surface area contributed by atoms with Crippen molar-refractivity contribution in [2.75, 3.05) is 18.5 Å². The standard InChI is InChI=1S/C22H23NO4S/c1-17-7-6-9-19(15-17)23(16-18-8-4-5-10-22(18)27-3)28(24,25)21-13-11-20(26-2)12-14-21/h4-15H,16H2,1-3H3. The van der Waals surface area contributed by atoms with Gasteiger partial charge in [-0.15, -0.1) is 0 Å². The van der Waals surface area contributed by atoms with Crippen molar-refractivity contribution in [2.45, 2.75) is 18.4 Å². The van der Waals surface area contributed by atoms with Crippen LogP contribution >= 0.6 is 0 Å². The van der Waals surface area contributed by atoms with E-state index in [4.69, 9.17) is 9.47 Å². The summed E-state index contributed by atoms with van der Waals surface area (Å²) in [6.07, 6.45) is 0. The first-order valence-corrected chi connectivity index (χ1v) is 10.2. The van der Waals surface area contributed by atoms with Crippen LogP contribution in [0.1, 0.15) is 11.1 Å². The topological polar surface area (TPSA) is 55.8 Å². The minimum absolute atomic E-state index is 0.155. The van der Waals surface area contributed by atoms with Crippen molar-refractivity contribution in [3.05, 3.63) is 83.9 Å². The molecule has 0 aliphatic carbocycles. The first-order valence-electron chi connectivity index (χ1n) is 8.81. The van der Waals surface area contributed by atoms with Crippen LogP contribution in [0.15, 0.2) is 77.7 Å². The van der Waals surface area contributed by atoms with Crippen LogP contribution in [0.4, 0.5) is 5.69 Å². The Labute approximate surface area is 166 Å². The Morgan fingerprint density at radius 3 is 2.21 bits per heavy atom. The highest BCUT2D eigenvalue weighted by Gasteiger charge is 2.26. The van der Waals surface area contributed by atoms with Crippen LogP contribution in [0, 0.1) is 6.92 Å². The minimum atomic E-state index is -3.80. The molecule has 0 spiro atoms. The minimum Gasteiger partial charge on any atom is -0.497 e. The van der Waals surface area contributed by atoms with Crippen molar-refractivity contribution in [3.8, 4) is 11.5 Å². The summed E-state index contributed by atoms with van der Waals surface area (Å²) in [4.78, 5) is 0.199. The summed E-state index contributed by atoms with van der Waals surface area (Å²) in [6, 6.07) is 21.2. The van der Waals surface area contributed by atoms with Gasteiger partial charge in [0.25, 0.3) is 10.0 Å². The molecule has 0 aliphatic heterocycles. The maximum Gasteiger partial charge on any atom is 0.264 e. The Morgan fingerprint density at radius 1 is 0.857 bits per heavy atom. The predicted octanol–water partition coefficient (Wildman–Crippen LogP) is 4.41. The van der Waals surface area contributed by atoms with Crippen LogP contribution in [0.2, 0.25) is 0 Å². The van der Waals surface area contributed by atoms with Crippen LogP contribution in [0.5, 0.6) is 11.5 Å². The number of methoxy groups -OCH3 is 2. The smallest absolute Gasteiger partial charge is 0.264 e. The number of benzene rings is 3. The first kappa shape index (κ1) is 19.8. The quantitative estimate of drug-likeness (QED) is 0.593. The number of hydrogen-bond acceptors (Lipinski definition) is 4. The number of rotatable bonds is 7. The third-order valence-electron chi connectivity index (χ3n) is 4.44. The van der Waals surface area contributed by atoms with E-state index in [1.165, 1.54) is 4.31 Å². The highest BCUT2D eigenvalue weighted by atomic mass is 32.2. The van der Waals surface area contributed by atoms with Crippen molar-refractivity contribution >= 4 is 15.7 Å². The second kappa shape index (κ2) is 8.35. The van der Waals surface area contributed by atoms with Gasteiger partial charge in [-0.3, -0.25) is 4.31 Å². The van der Waals surface area contributed by atoms with Crippen molar-refractivity contribution in [2.24, 2.45) is 0 Å². The Balaban J connectivity index is 2.09. The molecule has 28 heavy (non-hydrogen) atoms. The molecule has 6 heteroatoms. The molecule has 0 unspecified atom stereocenters. The van der Waals surface area contributed by atoms with Crippen molar-refractivity contribution < 1.29 is 17.9 Å². The molecule has 0 N–H and O–H groups in total. The largest absolute Gasteiger partial charge is 0.497 e. The molecule has 146 valence electrons. The van der Waals surface area contributed by atoms with Gasteiger partial charge in [-0.05, 0) is 55.0 Å². The summed E-state index contributed by atoms with van der Waals surface area (Å²) in [7, 11) is -0.674. The molecule has 0 bridgehead atoms. The number of anilines is 1. The van der Waals surface area contributed by atoms with Gasteiger partial charge in [0.15, 0.2) is 0 Å². The molecular weight excluding hydrogens is 374 g/mol. The van der Waals surface area contributed by atoms with Crippen molar-refractivity contribution in [1.82, 2.24) is 0 Å². The van der Waals surface area contributed by atoms with Gasteiger partial charge in [0.05, 0.1) is 31.3 Å². The molecule has 0 heterocycles. The average molecular weight is 397 g/mol. The monoisotopic (exact) mass is 397 g/mol. The first-order chi connectivity index (χ1) is 13.5. The van der Waals surface area contributed by atoms with Gasteiger partial charge in [-0.1, -0.05) is 30.3 Å². The zero-order chi connectivity index (χ0) is 20.1. The molecule has 0 atom stereocenters. The lowest BCUT2D eigenvalue weighted by atomic mass is 10.2. The molecule has 5 nitrogen and oxygen atoms in total. The second-order valence-corrected chi connectivity index (χ2v) is 8.20. The molecular formula is C22H23NO4S. The fourth-order valence-electron chi connectivity index (χ4n) is 2.96. The summed E-state index contributed by atoms with van der Waals surface area (Å²) < 4.78 is 38.9. The fraction of sp³-hybridized carbons (Fsp3) is 0.182. The zero-order valence-corrected chi connectivity index (χ0v) is 16.9. The maximum atomic E-state index is 13.5. The van der Waals surface area contributed by atoms with E-state index in [9.17, 15) is 8.42 Å². The van der Waals surface area contributed by atoms with Gasteiger partial charge in [-0.25, -0.2) is 8.42 Å². The van der Waals surface area contributed by atoms with Gasteiger partial charge >= 0.3 is 0 Å². The highest BCUT2D eigenvalue weighted by molar-refractivity contribution is 7.92. The number of sulfonamides is 1. The lowest BCUT2D eigenvalue weighted by molar-refractivity contribution is 0.410. The molecule has 0 aliphatic rings. The molecule has 0 saturated carbocycles. The average Bonchev–Trinajstić information content (AvgIpc) is 2.72. The summed E-state index contributed by atoms with van der Waals surface area (Å²) in [5.74, 6) is 1.25. The summed E-state index contributed by atoms with van der Waals surface area (Å²) >= 11 is 0. The van der Waals surface area contributed by atoms with Crippen LogP contribution < -0.4 is 13.8 Å². The molecule has 0 fully saturated rings. The van der Waals surface area contributed by atoms with Gasteiger partial charge < -0.3 is 9.47 Å². The Bertz CT molecular complexity index is 1050. The second-order valence-electron chi connectivity index (χ2n) is 6.34. The Kier molecular flexibility index (Phi) is 5.90. The molecule has 3 rings (SSSR count). The predicted molar refractivity (Wildman–Crippen MR) is 111 cm³/mol. The summed E-state index contributed by atoms with van der Waals surface area (Å²) in [5.41, 5.74) is 2.36. The molecule has 0 amide bonds. The van der Waals surface area contributed by atoms with Crippen LogP contribution in [0.3, 0.4) is 0 Å². The molecule has 0 aromatic heterocycles. The third-order valence-corrected chi connectivity index (χ3v) is 6.23. The maximum absolute atomic E-state index is 13.5. The third kappa shape index (κ3) is 4.12. The van der Waals surface area contributed by atoms with Crippen LogP contribution in [0.25, 0.3) is 0 Å². The van der Waals surface area contributed by atoms with E-state index in [1.807, 2.05) is 49.4 Å². The molecule has 3 aromatic carbocycles. The molecule has 3 aromatic rings. The summed E-state index contributed by atoms with van der Waals surface area (Å²) in [5, 5.41) is 0. The number of nitrogens with zero attached hydrogens (tertiary/aromatic N) is 1. The van der Waals surface area contributed by atoms with Gasteiger partial charge in [0, 0.05) is 5.56 Å². The lowest BCUT2D eigenvalue weighted by Crippen LogP contribution is -2.30. The summed E-state index contributed by atoms with van der Waals surface area (Å²) in [6.45, 7) is 2.09. The van der Waals surface area contributed by atoms with Crippen LogP contribution in [-0.4, -0.2) is 22.6 Å². The van der Waals surface area contributed by atoms with E-state index >= 15 is 0 Å². The van der Waals surface area contributed by atoms with E-state index in [0.717, 1.165) is 11.1 Å².